The van der Waals surface area contributed by atoms with E-state index in [-0.39, 0.29) is 5.60 Å². The summed E-state index contributed by atoms with van der Waals surface area (Å²) in [7, 11) is 1.79. The van der Waals surface area contributed by atoms with E-state index in [4.69, 9.17) is 28.8 Å². The maximum Gasteiger partial charge on any atom is 0.133 e. The van der Waals surface area contributed by atoms with Gasteiger partial charge in [-0.15, -0.1) is 0 Å². The van der Waals surface area contributed by atoms with Gasteiger partial charge in [0.25, 0.3) is 0 Å². The highest BCUT2D eigenvalue weighted by atomic mass is 16.5. The molecule has 4 aromatic carbocycles. The number of para-hydroxylation sites is 1. The summed E-state index contributed by atoms with van der Waals surface area (Å²) in [5.74, 6) is 1.75. The summed E-state index contributed by atoms with van der Waals surface area (Å²) in [5, 5.41) is 11.8. The normalized spacial score (nSPS) is 16.1. The van der Waals surface area contributed by atoms with Crippen LogP contribution in [-0.4, -0.2) is 48.3 Å². The lowest BCUT2D eigenvalue weighted by Gasteiger charge is -2.36. The predicted octanol–water partition coefficient (Wildman–Crippen LogP) is 9.05. The van der Waals surface area contributed by atoms with E-state index in [0.29, 0.717) is 39.6 Å². The summed E-state index contributed by atoms with van der Waals surface area (Å²) >= 11 is 0. The van der Waals surface area contributed by atoms with Crippen LogP contribution in [-0.2, 0) is 46.0 Å². The van der Waals surface area contributed by atoms with E-state index in [1.807, 2.05) is 12.1 Å². The molecule has 0 bridgehead atoms. The fourth-order valence-electron chi connectivity index (χ4n) is 8.07. The third-order valence-corrected chi connectivity index (χ3v) is 10.9. The molecule has 2 aromatic heterocycles. The number of benzene rings is 4. The molecule has 264 valence electrons. The van der Waals surface area contributed by atoms with Crippen molar-refractivity contribution in [3.63, 3.8) is 0 Å². The van der Waals surface area contributed by atoms with Gasteiger partial charge in [0.1, 0.15) is 23.8 Å². The van der Waals surface area contributed by atoms with Crippen molar-refractivity contribution in [1.29, 1.82) is 0 Å². The van der Waals surface area contributed by atoms with E-state index in [1.54, 1.807) is 7.11 Å². The molecular weight excluding hydrogens is 638 g/mol. The van der Waals surface area contributed by atoms with Gasteiger partial charge in [0.05, 0.1) is 30.0 Å². The first-order valence-corrected chi connectivity index (χ1v) is 18.4. The van der Waals surface area contributed by atoms with E-state index in [1.165, 1.54) is 33.1 Å². The molecule has 2 aliphatic rings. The summed E-state index contributed by atoms with van der Waals surface area (Å²) in [6, 6.07) is 29.7. The highest BCUT2D eigenvalue weighted by molar-refractivity contribution is 5.98. The molecule has 1 saturated heterocycles. The Morgan fingerprint density at radius 2 is 1.65 bits per heavy atom. The van der Waals surface area contributed by atoms with Crippen LogP contribution in [0.4, 0.5) is 0 Å². The number of nitrogens with one attached hydrogen (secondary N) is 1. The second kappa shape index (κ2) is 14.9. The van der Waals surface area contributed by atoms with E-state index in [2.05, 4.69) is 89.4 Å². The van der Waals surface area contributed by atoms with E-state index in [0.717, 1.165) is 84.5 Å². The van der Waals surface area contributed by atoms with Crippen LogP contribution in [0, 0.1) is 6.92 Å². The third kappa shape index (κ3) is 6.64. The molecule has 1 N–H and O–H groups in total. The average molecular weight is 686 g/mol. The van der Waals surface area contributed by atoms with E-state index < -0.39 is 0 Å². The van der Waals surface area contributed by atoms with E-state index in [9.17, 15) is 0 Å². The van der Waals surface area contributed by atoms with Crippen molar-refractivity contribution >= 4 is 21.7 Å². The number of aromatic amines is 1. The lowest BCUT2D eigenvalue weighted by Crippen LogP contribution is -2.35. The number of hydrogen-bond donors (Lipinski definition) is 1. The highest BCUT2D eigenvalue weighted by Gasteiger charge is 2.34. The molecule has 6 aromatic rings. The molecule has 0 amide bonds. The Balaban J connectivity index is 1.06. The smallest absolute Gasteiger partial charge is 0.133 e. The minimum Gasteiger partial charge on any atom is -0.493 e. The topological polar surface area (TPSA) is 79.8 Å². The van der Waals surface area contributed by atoms with Crippen LogP contribution >= 0.6 is 0 Å². The van der Waals surface area contributed by atoms with Gasteiger partial charge in [-0.2, -0.15) is 5.10 Å². The third-order valence-electron chi connectivity index (χ3n) is 10.9. The van der Waals surface area contributed by atoms with Crippen molar-refractivity contribution in [2.45, 2.75) is 70.8 Å². The molecule has 0 unspecified atom stereocenters. The number of rotatable bonds is 10. The zero-order valence-corrected chi connectivity index (χ0v) is 29.7. The number of fused-ring (bicyclic) bond motifs is 3. The highest BCUT2D eigenvalue weighted by Crippen LogP contribution is 2.39. The van der Waals surface area contributed by atoms with Gasteiger partial charge in [0, 0.05) is 73.9 Å². The van der Waals surface area contributed by atoms with Crippen LogP contribution in [0.15, 0.2) is 84.9 Å². The summed E-state index contributed by atoms with van der Waals surface area (Å²) < 4.78 is 33.1. The Bertz CT molecular complexity index is 2100. The lowest BCUT2D eigenvalue weighted by atomic mass is 9.86. The SMILES string of the molecule is COC1(c2ccc(OCc3n[nH]c4c3-c3cccc5c(CCCOc6cccc7ccccc67)c(C)n(c35)CCCCOC4)cc2)CCOCC1. The molecule has 4 heterocycles. The van der Waals surface area contributed by atoms with E-state index >= 15 is 0 Å². The van der Waals surface area contributed by atoms with Crippen LogP contribution in [0.5, 0.6) is 11.5 Å². The average Bonchev–Trinajstić information content (AvgIpc) is 3.70. The molecule has 0 spiro atoms. The number of hydrogen-bond acceptors (Lipinski definition) is 6. The Morgan fingerprint density at radius 3 is 2.51 bits per heavy atom. The number of nitrogens with zero attached hydrogens (tertiary/aromatic N) is 2. The Hall–Kier alpha value is -4.63. The van der Waals surface area contributed by atoms with Crippen molar-refractivity contribution in [2.75, 3.05) is 33.5 Å². The number of H-pyrrole nitrogens is 1. The van der Waals surface area contributed by atoms with Gasteiger partial charge in [-0.3, -0.25) is 5.10 Å². The van der Waals surface area contributed by atoms with Crippen molar-refractivity contribution in [2.24, 2.45) is 0 Å². The maximum absolute atomic E-state index is 6.41. The minimum atomic E-state index is -0.306. The molecule has 0 radical (unpaired) electrons. The first kappa shape index (κ1) is 33.5. The molecule has 0 saturated carbocycles. The van der Waals surface area contributed by atoms with Gasteiger partial charge >= 0.3 is 0 Å². The molecule has 8 rings (SSSR count). The van der Waals surface area contributed by atoms with Crippen LogP contribution < -0.4 is 9.47 Å². The van der Waals surface area contributed by atoms with Crippen molar-refractivity contribution in [3.8, 4) is 22.6 Å². The van der Waals surface area contributed by atoms with Gasteiger partial charge in [-0.05, 0) is 67.3 Å². The van der Waals surface area contributed by atoms with Crippen LogP contribution in [0.1, 0.15) is 60.3 Å². The molecule has 8 heteroatoms. The zero-order chi connectivity index (χ0) is 34.6. The fourth-order valence-corrected chi connectivity index (χ4v) is 8.07. The fraction of sp³-hybridized carbons (Fsp3) is 0.372. The van der Waals surface area contributed by atoms with Gasteiger partial charge < -0.3 is 28.3 Å². The lowest BCUT2D eigenvalue weighted by molar-refractivity contribution is -0.0948. The quantitative estimate of drug-likeness (QED) is 0.145. The standard InChI is InChI=1S/C43H47N3O5/c1-30-34(15-9-25-50-40-16-7-11-31-10-3-4-12-35(31)40)36-13-8-14-37-41-38(28-49-24-6-5-23-46(30)42(36)37)44-45-39(41)29-51-33-19-17-32(18-20-33)43(47-2)21-26-48-27-22-43/h3-4,7-8,10-14,16-20H,5-6,9,15,21-29H2,1-2H3,(H,44,45). The number of methoxy groups -OCH3 is 1. The Labute approximate surface area is 299 Å². The van der Waals surface area contributed by atoms with Gasteiger partial charge in [-0.25, -0.2) is 0 Å². The second-order valence-electron chi connectivity index (χ2n) is 13.8. The van der Waals surface area contributed by atoms with Gasteiger partial charge in [0.15, 0.2) is 0 Å². The summed E-state index contributed by atoms with van der Waals surface area (Å²) in [6.45, 7) is 6.82. The number of aryl methyl sites for hydroxylation is 2. The Morgan fingerprint density at radius 1 is 0.843 bits per heavy atom. The first-order chi connectivity index (χ1) is 25.1. The number of ether oxygens (including phenoxy) is 5. The van der Waals surface area contributed by atoms with Crippen LogP contribution in [0.2, 0.25) is 0 Å². The predicted molar refractivity (Wildman–Crippen MR) is 200 cm³/mol. The number of aromatic nitrogens is 3. The van der Waals surface area contributed by atoms with Gasteiger partial charge in [-0.1, -0.05) is 66.7 Å². The van der Waals surface area contributed by atoms with Crippen LogP contribution in [0.25, 0.3) is 32.8 Å². The zero-order valence-electron chi connectivity index (χ0n) is 29.7. The molecule has 1 fully saturated rings. The minimum absolute atomic E-state index is 0.306. The maximum atomic E-state index is 6.41. The van der Waals surface area contributed by atoms with Crippen molar-refractivity contribution in [1.82, 2.24) is 14.8 Å². The molecule has 51 heavy (non-hydrogen) atoms. The second-order valence-corrected chi connectivity index (χ2v) is 13.8. The largest absolute Gasteiger partial charge is 0.493 e. The summed E-state index contributed by atoms with van der Waals surface area (Å²) in [5.41, 5.74) is 8.92. The summed E-state index contributed by atoms with van der Waals surface area (Å²) in [4.78, 5) is 0. The first-order valence-electron chi connectivity index (χ1n) is 18.4. The van der Waals surface area contributed by atoms with Crippen molar-refractivity contribution < 1.29 is 23.7 Å². The van der Waals surface area contributed by atoms with Gasteiger partial charge in [0.2, 0.25) is 0 Å². The monoisotopic (exact) mass is 685 g/mol. The molecule has 0 aliphatic carbocycles. The molecule has 2 aliphatic heterocycles. The molecule has 8 nitrogen and oxygen atoms in total. The molecule has 0 atom stereocenters. The Kier molecular flexibility index (Phi) is 9.80. The molecular formula is C43H47N3O5. The summed E-state index contributed by atoms with van der Waals surface area (Å²) in [6.07, 6.45) is 5.61. The van der Waals surface area contributed by atoms with Crippen molar-refractivity contribution in [3.05, 3.63) is 113 Å². The van der Waals surface area contributed by atoms with Crippen LogP contribution in [0.3, 0.4) is 0 Å².